The molecular weight excluding hydrogens is 263 g/mol. The second-order valence-electron chi connectivity index (χ2n) is 5.08. The van der Waals surface area contributed by atoms with Gasteiger partial charge < -0.3 is 20.5 Å². The van der Waals surface area contributed by atoms with Crippen LogP contribution in [0.15, 0.2) is 18.2 Å². The Labute approximate surface area is 117 Å². The Morgan fingerprint density at radius 1 is 1.45 bits per heavy atom. The molecule has 0 bridgehead atoms. The van der Waals surface area contributed by atoms with Gasteiger partial charge in [-0.05, 0) is 37.0 Å². The number of hydrogen-bond donors (Lipinski definition) is 3. The number of ether oxygens (including phenoxy) is 1. The minimum Gasteiger partial charge on any atom is -0.494 e. The van der Waals surface area contributed by atoms with E-state index >= 15 is 0 Å². The molecule has 1 aliphatic carbocycles. The van der Waals surface area contributed by atoms with Crippen LogP contribution in [0.1, 0.15) is 24.8 Å². The molecule has 1 aromatic carbocycles. The van der Waals surface area contributed by atoms with Crippen LogP contribution in [-0.4, -0.2) is 30.4 Å². The van der Waals surface area contributed by atoms with Crippen molar-refractivity contribution in [3.8, 4) is 5.75 Å². The summed E-state index contributed by atoms with van der Waals surface area (Å²) in [5.41, 5.74) is -0.107. The molecular formula is C14H19FN2O3. The predicted molar refractivity (Wildman–Crippen MR) is 72.0 cm³/mol. The highest BCUT2D eigenvalue weighted by molar-refractivity contribution is 5.73. The summed E-state index contributed by atoms with van der Waals surface area (Å²) in [7, 11) is 1.40. The molecule has 2 rings (SSSR count). The van der Waals surface area contributed by atoms with Crippen LogP contribution in [0, 0.1) is 5.82 Å². The summed E-state index contributed by atoms with van der Waals surface area (Å²) in [6, 6.07) is 4.14. The maximum Gasteiger partial charge on any atom is 0.315 e. The molecule has 1 aromatic rings. The number of benzene rings is 1. The van der Waals surface area contributed by atoms with E-state index in [0.29, 0.717) is 5.56 Å². The lowest BCUT2D eigenvalue weighted by Gasteiger charge is -2.36. The van der Waals surface area contributed by atoms with E-state index in [1.807, 2.05) is 0 Å². The Bertz CT molecular complexity index is 489. The van der Waals surface area contributed by atoms with E-state index in [-0.39, 0.29) is 24.9 Å². The third-order valence-corrected chi connectivity index (χ3v) is 3.53. The van der Waals surface area contributed by atoms with E-state index in [1.165, 1.54) is 19.2 Å². The topological polar surface area (TPSA) is 70.6 Å². The number of carbonyl (C=O) groups excluding carboxylic acids is 1. The van der Waals surface area contributed by atoms with Crippen LogP contribution < -0.4 is 15.4 Å². The van der Waals surface area contributed by atoms with E-state index in [2.05, 4.69) is 10.6 Å². The summed E-state index contributed by atoms with van der Waals surface area (Å²) in [4.78, 5) is 11.6. The number of hydrogen-bond acceptors (Lipinski definition) is 3. The number of methoxy groups -OCH3 is 1. The third kappa shape index (κ3) is 3.60. The summed E-state index contributed by atoms with van der Waals surface area (Å²) >= 11 is 0. The van der Waals surface area contributed by atoms with Gasteiger partial charge in [0, 0.05) is 13.1 Å². The van der Waals surface area contributed by atoms with Crippen molar-refractivity contribution in [1.29, 1.82) is 0 Å². The van der Waals surface area contributed by atoms with Gasteiger partial charge in [0.15, 0.2) is 11.6 Å². The van der Waals surface area contributed by atoms with Crippen LogP contribution in [0.3, 0.4) is 0 Å². The number of nitrogens with one attached hydrogen (secondary N) is 2. The van der Waals surface area contributed by atoms with Crippen molar-refractivity contribution in [1.82, 2.24) is 10.6 Å². The zero-order valence-corrected chi connectivity index (χ0v) is 11.4. The monoisotopic (exact) mass is 282 g/mol. The van der Waals surface area contributed by atoms with Gasteiger partial charge in [0.25, 0.3) is 0 Å². The first-order valence-electron chi connectivity index (χ1n) is 6.59. The van der Waals surface area contributed by atoms with Gasteiger partial charge in [0.2, 0.25) is 0 Å². The molecule has 0 atom stereocenters. The molecule has 20 heavy (non-hydrogen) atoms. The van der Waals surface area contributed by atoms with Gasteiger partial charge in [-0.15, -0.1) is 0 Å². The average molecular weight is 282 g/mol. The second-order valence-corrected chi connectivity index (χ2v) is 5.08. The van der Waals surface area contributed by atoms with Crippen molar-refractivity contribution < 1.29 is 19.0 Å². The Balaban J connectivity index is 1.76. The first-order chi connectivity index (χ1) is 9.52. The third-order valence-electron chi connectivity index (χ3n) is 3.53. The smallest absolute Gasteiger partial charge is 0.315 e. The molecule has 6 heteroatoms. The standard InChI is InChI=1S/C14H19FN2O3/c1-20-12-4-3-10(7-11(12)15)8-16-13(18)17-9-14(19)5-2-6-14/h3-4,7,19H,2,5-6,8-9H2,1H3,(H2,16,17,18). The predicted octanol–water partition coefficient (Wildman–Crippen LogP) is 1.55. The number of amides is 2. The van der Waals surface area contributed by atoms with Crippen molar-refractivity contribution in [2.75, 3.05) is 13.7 Å². The quantitative estimate of drug-likeness (QED) is 0.767. The van der Waals surface area contributed by atoms with Gasteiger partial charge >= 0.3 is 6.03 Å². The summed E-state index contributed by atoms with van der Waals surface area (Å²) in [5.74, 6) is -0.290. The van der Waals surface area contributed by atoms with Gasteiger partial charge in [0.1, 0.15) is 0 Å². The van der Waals surface area contributed by atoms with E-state index < -0.39 is 11.4 Å². The molecule has 5 nitrogen and oxygen atoms in total. The summed E-state index contributed by atoms with van der Waals surface area (Å²) < 4.78 is 18.3. The van der Waals surface area contributed by atoms with Crippen molar-refractivity contribution in [3.63, 3.8) is 0 Å². The van der Waals surface area contributed by atoms with Crippen molar-refractivity contribution in [2.24, 2.45) is 0 Å². The van der Waals surface area contributed by atoms with Crippen LogP contribution in [0.25, 0.3) is 0 Å². The normalized spacial score (nSPS) is 16.1. The molecule has 0 spiro atoms. The maximum absolute atomic E-state index is 13.4. The first-order valence-corrected chi connectivity index (χ1v) is 6.59. The maximum atomic E-state index is 13.4. The molecule has 0 aliphatic heterocycles. The molecule has 1 aliphatic rings. The molecule has 0 aromatic heterocycles. The number of carbonyl (C=O) groups is 1. The van der Waals surface area contributed by atoms with E-state index in [0.717, 1.165) is 19.3 Å². The molecule has 1 fully saturated rings. The lowest BCUT2D eigenvalue weighted by atomic mass is 9.80. The van der Waals surface area contributed by atoms with Crippen LogP contribution >= 0.6 is 0 Å². The first kappa shape index (κ1) is 14.6. The van der Waals surface area contributed by atoms with E-state index in [4.69, 9.17) is 4.74 Å². The number of rotatable bonds is 5. The summed E-state index contributed by atoms with van der Waals surface area (Å²) in [6.07, 6.45) is 2.43. The lowest BCUT2D eigenvalue weighted by molar-refractivity contribution is -0.0290. The molecule has 0 saturated heterocycles. The molecule has 0 heterocycles. The fourth-order valence-corrected chi connectivity index (χ4v) is 2.07. The lowest BCUT2D eigenvalue weighted by Crippen LogP contribution is -2.49. The Kier molecular flexibility index (Phi) is 4.44. The van der Waals surface area contributed by atoms with Crippen molar-refractivity contribution in [2.45, 2.75) is 31.4 Å². The SMILES string of the molecule is COc1ccc(CNC(=O)NCC2(O)CCC2)cc1F. The second kappa shape index (κ2) is 6.09. The van der Waals surface area contributed by atoms with E-state index in [9.17, 15) is 14.3 Å². The van der Waals surface area contributed by atoms with Gasteiger partial charge in [-0.1, -0.05) is 6.07 Å². The Morgan fingerprint density at radius 3 is 2.75 bits per heavy atom. The molecule has 3 N–H and O–H groups in total. The molecule has 110 valence electrons. The highest BCUT2D eigenvalue weighted by Crippen LogP contribution is 2.30. The van der Waals surface area contributed by atoms with Crippen LogP contribution in [0.4, 0.5) is 9.18 Å². The Hall–Kier alpha value is -1.82. The van der Waals surface area contributed by atoms with Gasteiger partial charge in [-0.2, -0.15) is 0 Å². The highest BCUT2D eigenvalue weighted by atomic mass is 19.1. The highest BCUT2D eigenvalue weighted by Gasteiger charge is 2.34. The van der Waals surface area contributed by atoms with Crippen molar-refractivity contribution >= 4 is 6.03 Å². The van der Waals surface area contributed by atoms with Gasteiger partial charge in [0.05, 0.1) is 12.7 Å². The van der Waals surface area contributed by atoms with Gasteiger partial charge in [-0.25, -0.2) is 9.18 Å². The van der Waals surface area contributed by atoms with Crippen LogP contribution in [0.2, 0.25) is 0 Å². The fraction of sp³-hybridized carbons (Fsp3) is 0.500. The Morgan fingerprint density at radius 2 is 2.20 bits per heavy atom. The number of halogens is 1. The number of aliphatic hydroxyl groups is 1. The molecule has 0 unspecified atom stereocenters. The minimum absolute atomic E-state index is 0.172. The number of urea groups is 1. The average Bonchev–Trinajstić information content (AvgIpc) is 2.41. The fourth-order valence-electron chi connectivity index (χ4n) is 2.07. The summed E-state index contributed by atoms with van der Waals surface area (Å²) in [6.45, 7) is 0.459. The van der Waals surface area contributed by atoms with Crippen LogP contribution in [-0.2, 0) is 6.54 Å². The largest absolute Gasteiger partial charge is 0.494 e. The van der Waals surface area contributed by atoms with E-state index in [1.54, 1.807) is 6.07 Å². The summed E-state index contributed by atoms with van der Waals surface area (Å²) in [5, 5.41) is 15.1. The molecule has 0 radical (unpaired) electrons. The zero-order valence-electron chi connectivity index (χ0n) is 11.4. The molecule has 1 saturated carbocycles. The minimum atomic E-state index is -0.746. The van der Waals surface area contributed by atoms with Crippen molar-refractivity contribution in [3.05, 3.63) is 29.6 Å². The zero-order chi connectivity index (χ0) is 14.6. The van der Waals surface area contributed by atoms with Crippen LogP contribution in [0.5, 0.6) is 5.75 Å². The van der Waals surface area contributed by atoms with Gasteiger partial charge in [-0.3, -0.25) is 0 Å². The molecule has 2 amide bonds.